The summed E-state index contributed by atoms with van der Waals surface area (Å²) in [6.07, 6.45) is 0.634. The molecular weight excluding hydrogens is 206 g/mol. The maximum absolute atomic E-state index is 10.7. The van der Waals surface area contributed by atoms with Gasteiger partial charge in [0, 0.05) is 38.0 Å². The van der Waals surface area contributed by atoms with E-state index in [0.29, 0.717) is 6.42 Å². The van der Waals surface area contributed by atoms with Gasteiger partial charge in [-0.05, 0) is 25.0 Å². The van der Waals surface area contributed by atoms with Gasteiger partial charge in [0.1, 0.15) is 0 Å². The van der Waals surface area contributed by atoms with Crippen molar-refractivity contribution in [1.82, 2.24) is 0 Å². The molecule has 88 valence electrons. The SMILES string of the molecule is CC(N)Cc1cc([N+](=O)[O-])ccc1N(C)C. The molecule has 1 unspecified atom stereocenters. The quantitative estimate of drug-likeness (QED) is 0.621. The van der Waals surface area contributed by atoms with E-state index >= 15 is 0 Å². The largest absolute Gasteiger partial charge is 0.377 e. The van der Waals surface area contributed by atoms with Crippen molar-refractivity contribution in [2.75, 3.05) is 19.0 Å². The number of nitro benzene ring substituents is 1. The lowest BCUT2D eigenvalue weighted by Gasteiger charge is -2.18. The molecule has 0 aliphatic heterocycles. The van der Waals surface area contributed by atoms with E-state index in [0.717, 1.165) is 11.3 Å². The van der Waals surface area contributed by atoms with Gasteiger partial charge in [-0.3, -0.25) is 10.1 Å². The third-order valence-electron chi connectivity index (χ3n) is 2.30. The van der Waals surface area contributed by atoms with Crippen LogP contribution in [0.15, 0.2) is 18.2 Å². The first-order valence-corrected chi connectivity index (χ1v) is 5.12. The Hall–Kier alpha value is -1.62. The average Bonchev–Trinajstić information content (AvgIpc) is 2.15. The molecule has 16 heavy (non-hydrogen) atoms. The number of hydrogen-bond acceptors (Lipinski definition) is 4. The van der Waals surface area contributed by atoms with Crippen LogP contribution in [0.3, 0.4) is 0 Å². The summed E-state index contributed by atoms with van der Waals surface area (Å²) in [4.78, 5) is 12.2. The molecule has 0 saturated carbocycles. The minimum absolute atomic E-state index is 0.0132. The van der Waals surface area contributed by atoms with Crippen LogP contribution in [-0.4, -0.2) is 25.1 Å². The third kappa shape index (κ3) is 2.93. The van der Waals surface area contributed by atoms with E-state index in [1.54, 1.807) is 12.1 Å². The second kappa shape index (κ2) is 4.94. The lowest BCUT2D eigenvalue weighted by atomic mass is 10.0. The molecule has 0 saturated heterocycles. The first-order chi connectivity index (χ1) is 7.41. The minimum atomic E-state index is -0.385. The van der Waals surface area contributed by atoms with Gasteiger partial charge in [0.05, 0.1) is 4.92 Å². The van der Waals surface area contributed by atoms with Crippen molar-refractivity contribution >= 4 is 11.4 Å². The zero-order valence-electron chi connectivity index (χ0n) is 9.80. The molecule has 2 N–H and O–H groups in total. The summed E-state index contributed by atoms with van der Waals surface area (Å²) in [6, 6.07) is 4.86. The number of rotatable bonds is 4. The van der Waals surface area contributed by atoms with Gasteiger partial charge < -0.3 is 10.6 Å². The molecule has 5 heteroatoms. The van der Waals surface area contributed by atoms with Gasteiger partial charge in [-0.15, -0.1) is 0 Å². The normalized spacial score (nSPS) is 12.2. The summed E-state index contributed by atoms with van der Waals surface area (Å²) in [5, 5.41) is 10.7. The maximum Gasteiger partial charge on any atom is 0.269 e. The van der Waals surface area contributed by atoms with Crippen molar-refractivity contribution in [3.63, 3.8) is 0 Å². The van der Waals surface area contributed by atoms with Gasteiger partial charge >= 0.3 is 0 Å². The predicted octanol–water partition coefficient (Wildman–Crippen LogP) is 1.55. The van der Waals surface area contributed by atoms with Gasteiger partial charge in [-0.1, -0.05) is 0 Å². The Balaban J connectivity index is 3.15. The molecule has 0 heterocycles. The van der Waals surface area contributed by atoms with Crippen molar-refractivity contribution in [2.45, 2.75) is 19.4 Å². The topological polar surface area (TPSA) is 72.4 Å². The fourth-order valence-corrected chi connectivity index (χ4v) is 1.63. The molecule has 1 rings (SSSR count). The molecule has 0 aliphatic carbocycles. The summed E-state index contributed by atoms with van der Waals surface area (Å²) in [5.74, 6) is 0. The Labute approximate surface area is 95.0 Å². The van der Waals surface area contributed by atoms with Gasteiger partial charge in [0.25, 0.3) is 5.69 Å². The molecule has 1 atom stereocenters. The Morgan fingerprint density at radius 1 is 1.50 bits per heavy atom. The van der Waals surface area contributed by atoms with Gasteiger partial charge in [-0.25, -0.2) is 0 Å². The number of benzene rings is 1. The van der Waals surface area contributed by atoms with Crippen LogP contribution in [0.2, 0.25) is 0 Å². The second-order valence-corrected chi connectivity index (χ2v) is 4.15. The van der Waals surface area contributed by atoms with Gasteiger partial charge in [-0.2, -0.15) is 0 Å². The number of hydrogen-bond donors (Lipinski definition) is 1. The van der Waals surface area contributed by atoms with E-state index < -0.39 is 0 Å². The molecule has 0 radical (unpaired) electrons. The molecule has 0 spiro atoms. The van der Waals surface area contributed by atoms with Crippen molar-refractivity contribution in [1.29, 1.82) is 0 Å². The Kier molecular flexibility index (Phi) is 3.84. The van der Waals surface area contributed by atoms with Gasteiger partial charge in [0.2, 0.25) is 0 Å². The summed E-state index contributed by atoms with van der Waals surface area (Å²) in [6.45, 7) is 1.89. The Bertz CT molecular complexity index is 389. The van der Waals surface area contributed by atoms with Crippen LogP contribution in [0.5, 0.6) is 0 Å². The van der Waals surface area contributed by atoms with Gasteiger partial charge in [0.15, 0.2) is 0 Å². The molecule has 0 fully saturated rings. The first kappa shape index (κ1) is 12.4. The van der Waals surface area contributed by atoms with Crippen LogP contribution in [0, 0.1) is 10.1 Å². The van der Waals surface area contributed by atoms with Crippen molar-refractivity contribution in [2.24, 2.45) is 5.73 Å². The Morgan fingerprint density at radius 2 is 2.12 bits per heavy atom. The second-order valence-electron chi connectivity index (χ2n) is 4.15. The van der Waals surface area contributed by atoms with Crippen LogP contribution in [-0.2, 0) is 6.42 Å². The van der Waals surface area contributed by atoms with E-state index in [9.17, 15) is 10.1 Å². The van der Waals surface area contributed by atoms with Crippen molar-refractivity contribution in [3.8, 4) is 0 Å². The fraction of sp³-hybridized carbons (Fsp3) is 0.455. The molecule has 0 bridgehead atoms. The number of nitrogens with two attached hydrogens (primary N) is 1. The van der Waals surface area contributed by atoms with E-state index in [4.69, 9.17) is 5.73 Å². The zero-order chi connectivity index (χ0) is 12.3. The molecule has 0 aromatic heterocycles. The third-order valence-corrected chi connectivity index (χ3v) is 2.30. The van der Waals surface area contributed by atoms with Crippen LogP contribution < -0.4 is 10.6 Å². The number of nitro groups is 1. The summed E-state index contributed by atoms with van der Waals surface area (Å²) in [7, 11) is 3.82. The van der Waals surface area contributed by atoms with E-state index in [1.807, 2.05) is 25.9 Å². The average molecular weight is 223 g/mol. The highest BCUT2D eigenvalue weighted by atomic mass is 16.6. The number of anilines is 1. The van der Waals surface area contributed by atoms with E-state index in [1.165, 1.54) is 6.07 Å². The maximum atomic E-state index is 10.7. The highest BCUT2D eigenvalue weighted by molar-refractivity contribution is 5.57. The zero-order valence-corrected chi connectivity index (χ0v) is 9.80. The smallest absolute Gasteiger partial charge is 0.269 e. The first-order valence-electron chi connectivity index (χ1n) is 5.12. The number of non-ortho nitro benzene ring substituents is 1. The monoisotopic (exact) mass is 223 g/mol. The molecule has 1 aromatic carbocycles. The molecular formula is C11H17N3O2. The van der Waals surface area contributed by atoms with Crippen LogP contribution in [0.25, 0.3) is 0 Å². The Morgan fingerprint density at radius 3 is 2.56 bits per heavy atom. The van der Waals surface area contributed by atoms with Crippen molar-refractivity contribution < 1.29 is 4.92 Å². The number of nitrogens with zero attached hydrogens (tertiary/aromatic N) is 2. The molecule has 1 aromatic rings. The lowest BCUT2D eigenvalue weighted by molar-refractivity contribution is -0.384. The lowest BCUT2D eigenvalue weighted by Crippen LogP contribution is -2.20. The minimum Gasteiger partial charge on any atom is -0.377 e. The summed E-state index contributed by atoms with van der Waals surface area (Å²) < 4.78 is 0. The molecule has 5 nitrogen and oxygen atoms in total. The van der Waals surface area contributed by atoms with Crippen LogP contribution in [0.1, 0.15) is 12.5 Å². The summed E-state index contributed by atoms with van der Waals surface area (Å²) >= 11 is 0. The van der Waals surface area contributed by atoms with Crippen LogP contribution in [0.4, 0.5) is 11.4 Å². The van der Waals surface area contributed by atoms with Crippen LogP contribution >= 0.6 is 0 Å². The van der Waals surface area contributed by atoms with Crippen molar-refractivity contribution in [3.05, 3.63) is 33.9 Å². The predicted molar refractivity (Wildman–Crippen MR) is 64.8 cm³/mol. The molecule has 0 amide bonds. The molecule has 0 aliphatic rings. The summed E-state index contributed by atoms with van der Waals surface area (Å²) in [5.41, 5.74) is 7.73. The van der Waals surface area contributed by atoms with E-state index in [-0.39, 0.29) is 16.7 Å². The standard InChI is InChI=1S/C11H17N3O2/c1-8(12)6-9-7-10(14(15)16)4-5-11(9)13(2)3/h4-5,7-8H,6,12H2,1-3H3. The fourth-order valence-electron chi connectivity index (χ4n) is 1.63. The highest BCUT2D eigenvalue weighted by Gasteiger charge is 2.12. The highest BCUT2D eigenvalue weighted by Crippen LogP contribution is 2.25. The van der Waals surface area contributed by atoms with E-state index in [2.05, 4.69) is 0 Å².